The monoisotopic (exact) mass is 494 g/mol. The van der Waals surface area contributed by atoms with Crippen molar-refractivity contribution in [3.05, 3.63) is 81.1 Å². The van der Waals surface area contributed by atoms with E-state index in [1.54, 1.807) is 17.9 Å². The van der Waals surface area contributed by atoms with E-state index in [1.165, 1.54) is 10.7 Å². The molecule has 8 heteroatoms. The number of anilines is 1. The molecular formula is C24H23BrN4O3. The molecule has 0 atom stereocenters. The van der Waals surface area contributed by atoms with Gasteiger partial charge in [-0.05, 0) is 49.4 Å². The molecule has 0 N–H and O–H groups in total. The molecule has 1 fully saturated rings. The summed E-state index contributed by atoms with van der Waals surface area (Å²) in [4.78, 5) is 40.5. The molecule has 1 aromatic heterocycles. The molecule has 3 aromatic rings. The lowest BCUT2D eigenvalue weighted by atomic mass is 10.1. The lowest BCUT2D eigenvalue weighted by molar-refractivity contribution is -0.132. The normalized spacial score (nSPS) is 13.8. The van der Waals surface area contributed by atoms with Gasteiger partial charge in [-0.25, -0.2) is 4.68 Å². The number of hydrogen-bond acceptors (Lipinski definition) is 5. The van der Waals surface area contributed by atoms with E-state index in [-0.39, 0.29) is 23.8 Å². The van der Waals surface area contributed by atoms with Crippen molar-refractivity contribution >= 4 is 33.3 Å². The SMILES string of the molecule is CC(=O)c1ccc(N2CCN(C(=O)Cn3nc(-c4ccc(Br)cc4)ccc3=O)CC2)cc1. The average Bonchev–Trinajstić information content (AvgIpc) is 2.81. The second kappa shape index (κ2) is 9.48. The van der Waals surface area contributed by atoms with E-state index >= 15 is 0 Å². The zero-order valence-corrected chi connectivity index (χ0v) is 19.3. The van der Waals surface area contributed by atoms with Gasteiger partial charge < -0.3 is 9.80 Å². The summed E-state index contributed by atoms with van der Waals surface area (Å²) in [5, 5.41) is 4.40. The van der Waals surface area contributed by atoms with E-state index in [0.717, 1.165) is 15.7 Å². The van der Waals surface area contributed by atoms with Crippen molar-refractivity contribution in [1.29, 1.82) is 0 Å². The number of amides is 1. The van der Waals surface area contributed by atoms with Gasteiger partial charge in [0.05, 0.1) is 5.69 Å². The van der Waals surface area contributed by atoms with Gasteiger partial charge in [-0.1, -0.05) is 28.1 Å². The Bertz CT molecular complexity index is 1180. The Kier molecular flexibility index (Phi) is 6.50. The minimum absolute atomic E-state index is 0.0417. The highest BCUT2D eigenvalue weighted by atomic mass is 79.9. The van der Waals surface area contributed by atoms with Crippen LogP contribution in [-0.2, 0) is 11.3 Å². The van der Waals surface area contributed by atoms with Crippen LogP contribution in [0.3, 0.4) is 0 Å². The summed E-state index contributed by atoms with van der Waals surface area (Å²) in [6.45, 7) is 3.96. The van der Waals surface area contributed by atoms with E-state index in [1.807, 2.05) is 48.5 Å². The predicted molar refractivity (Wildman–Crippen MR) is 127 cm³/mol. The molecule has 2 heterocycles. The van der Waals surface area contributed by atoms with Crippen LogP contribution >= 0.6 is 15.9 Å². The Morgan fingerprint density at radius 1 is 0.906 bits per heavy atom. The van der Waals surface area contributed by atoms with Crippen molar-refractivity contribution in [3.63, 3.8) is 0 Å². The summed E-state index contributed by atoms with van der Waals surface area (Å²) >= 11 is 3.41. The molecule has 1 aliphatic rings. The Morgan fingerprint density at radius 2 is 1.56 bits per heavy atom. The number of halogens is 1. The fourth-order valence-corrected chi connectivity index (χ4v) is 3.95. The highest BCUT2D eigenvalue weighted by Gasteiger charge is 2.22. The van der Waals surface area contributed by atoms with Crippen LogP contribution in [0.1, 0.15) is 17.3 Å². The van der Waals surface area contributed by atoms with Crippen molar-refractivity contribution in [1.82, 2.24) is 14.7 Å². The Labute approximate surface area is 194 Å². The number of nitrogens with zero attached hydrogens (tertiary/aromatic N) is 4. The third-order valence-electron chi connectivity index (χ3n) is 5.56. The number of hydrogen-bond donors (Lipinski definition) is 0. The van der Waals surface area contributed by atoms with E-state index in [9.17, 15) is 14.4 Å². The first kappa shape index (κ1) is 22.0. The summed E-state index contributed by atoms with van der Waals surface area (Å²) < 4.78 is 2.19. The van der Waals surface area contributed by atoms with Crippen LogP contribution in [0.25, 0.3) is 11.3 Å². The fraction of sp³-hybridized carbons (Fsp3) is 0.250. The topological polar surface area (TPSA) is 75.5 Å². The van der Waals surface area contributed by atoms with Gasteiger partial charge in [0.2, 0.25) is 5.91 Å². The molecule has 1 amide bonds. The first-order valence-electron chi connectivity index (χ1n) is 10.4. The molecule has 4 rings (SSSR count). The molecule has 0 spiro atoms. The summed E-state index contributed by atoms with van der Waals surface area (Å²) in [5.74, 6) is -0.0841. The average molecular weight is 495 g/mol. The van der Waals surface area contributed by atoms with Crippen molar-refractivity contribution < 1.29 is 9.59 Å². The minimum atomic E-state index is -0.302. The van der Waals surface area contributed by atoms with Crippen LogP contribution in [-0.4, -0.2) is 52.5 Å². The van der Waals surface area contributed by atoms with Crippen LogP contribution in [0.5, 0.6) is 0 Å². The van der Waals surface area contributed by atoms with Crippen molar-refractivity contribution in [2.24, 2.45) is 0 Å². The molecule has 0 unspecified atom stereocenters. The standard InChI is InChI=1S/C24H23BrN4O3/c1-17(30)18-4-8-21(9-5-18)27-12-14-28(15-13-27)24(32)16-29-23(31)11-10-22(26-29)19-2-6-20(25)7-3-19/h2-11H,12-16H2,1H3. The molecule has 0 radical (unpaired) electrons. The number of benzene rings is 2. The molecule has 1 saturated heterocycles. The summed E-state index contributed by atoms with van der Waals surface area (Å²) in [6.07, 6.45) is 0. The first-order valence-corrected chi connectivity index (χ1v) is 11.2. The number of carbonyl (C=O) groups is 2. The van der Waals surface area contributed by atoms with Crippen LogP contribution in [0.15, 0.2) is 69.9 Å². The molecule has 7 nitrogen and oxygen atoms in total. The number of aromatic nitrogens is 2. The molecule has 0 aliphatic carbocycles. The summed E-state index contributed by atoms with van der Waals surface area (Å²) in [5.41, 5.74) is 2.93. The van der Waals surface area contributed by atoms with Gasteiger partial charge in [-0.15, -0.1) is 0 Å². The maximum Gasteiger partial charge on any atom is 0.267 e. The van der Waals surface area contributed by atoms with Gasteiger partial charge in [-0.3, -0.25) is 14.4 Å². The fourth-order valence-electron chi connectivity index (χ4n) is 3.69. The zero-order valence-electron chi connectivity index (χ0n) is 17.7. The number of ketones is 1. The number of rotatable bonds is 5. The second-order valence-corrected chi connectivity index (χ2v) is 8.61. The number of piperazine rings is 1. The highest BCUT2D eigenvalue weighted by Crippen LogP contribution is 2.20. The quantitative estimate of drug-likeness (QED) is 0.509. The van der Waals surface area contributed by atoms with Gasteiger partial charge in [0.15, 0.2) is 5.78 Å². The van der Waals surface area contributed by atoms with Crippen molar-refractivity contribution in [2.45, 2.75) is 13.5 Å². The number of carbonyl (C=O) groups excluding carboxylic acids is 2. The smallest absolute Gasteiger partial charge is 0.267 e. The molecule has 164 valence electrons. The molecule has 2 aromatic carbocycles. The van der Waals surface area contributed by atoms with Crippen LogP contribution in [0, 0.1) is 0 Å². The number of Topliss-reactive ketones (excluding diaryl/α,β-unsaturated/α-hetero) is 1. The highest BCUT2D eigenvalue weighted by molar-refractivity contribution is 9.10. The summed E-state index contributed by atoms with van der Waals surface area (Å²) in [7, 11) is 0. The third-order valence-corrected chi connectivity index (χ3v) is 6.09. The van der Waals surface area contributed by atoms with Gasteiger partial charge in [0.1, 0.15) is 6.54 Å². The van der Waals surface area contributed by atoms with Crippen molar-refractivity contribution in [2.75, 3.05) is 31.1 Å². The Morgan fingerprint density at radius 3 is 2.19 bits per heavy atom. The van der Waals surface area contributed by atoms with Crippen molar-refractivity contribution in [3.8, 4) is 11.3 Å². The van der Waals surface area contributed by atoms with E-state index in [4.69, 9.17) is 0 Å². The first-order chi connectivity index (χ1) is 15.4. The second-order valence-electron chi connectivity index (χ2n) is 7.69. The molecule has 32 heavy (non-hydrogen) atoms. The van der Waals surface area contributed by atoms with E-state index < -0.39 is 0 Å². The minimum Gasteiger partial charge on any atom is -0.368 e. The maximum atomic E-state index is 12.8. The van der Waals surface area contributed by atoms with E-state index in [0.29, 0.717) is 37.4 Å². The van der Waals surface area contributed by atoms with Gasteiger partial charge >= 0.3 is 0 Å². The predicted octanol–water partition coefficient (Wildman–Crippen LogP) is 3.22. The molecule has 0 saturated carbocycles. The lowest BCUT2D eigenvalue weighted by Crippen LogP contribution is -2.50. The largest absolute Gasteiger partial charge is 0.368 e. The third kappa shape index (κ3) is 4.96. The Hall–Kier alpha value is -3.26. The zero-order chi connectivity index (χ0) is 22.7. The molecule has 1 aliphatic heterocycles. The van der Waals surface area contributed by atoms with E-state index in [2.05, 4.69) is 25.9 Å². The van der Waals surface area contributed by atoms with Crippen LogP contribution in [0.4, 0.5) is 5.69 Å². The van der Waals surface area contributed by atoms with Gasteiger partial charge in [-0.2, -0.15) is 5.10 Å². The Balaban J connectivity index is 1.39. The summed E-state index contributed by atoms with van der Waals surface area (Å²) in [6, 6.07) is 18.3. The van der Waals surface area contributed by atoms with Gasteiger partial charge in [0.25, 0.3) is 5.56 Å². The van der Waals surface area contributed by atoms with Crippen LogP contribution in [0.2, 0.25) is 0 Å². The van der Waals surface area contributed by atoms with Gasteiger partial charge in [0, 0.05) is 53.5 Å². The maximum absolute atomic E-state index is 12.8. The van der Waals surface area contributed by atoms with Crippen LogP contribution < -0.4 is 10.5 Å². The molecular weight excluding hydrogens is 472 g/mol. The molecule has 0 bridgehead atoms. The lowest BCUT2D eigenvalue weighted by Gasteiger charge is -2.36.